The summed E-state index contributed by atoms with van der Waals surface area (Å²) in [6.45, 7) is 0.505. The van der Waals surface area contributed by atoms with E-state index in [4.69, 9.17) is 9.84 Å². The summed E-state index contributed by atoms with van der Waals surface area (Å²) >= 11 is 0. The van der Waals surface area contributed by atoms with Gasteiger partial charge in [-0.3, -0.25) is 14.9 Å². The number of amides is 1. The monoisotopic (exact) mass is 266 g/mol. The van der Waals surface area contributed by atoms with E-state index >= 15 is 0 Å². The summed E-state index contributed by atoms with van der Waals surface area (Å²) in [6.07, 6.45) is -0.365. The van der Waals surface area contributed by atoms with Gasteiger partial charge < -0.3 is 14.7 Å². The zero-order valence-electron chi connectivity index (χ0n) is 10.2. The second-order valence-corrected chi connectivity index (χ2v) is 4.31. The van der Waals surface area contributed by atoms with Crippen LogP contribution in [0.15, 0.2) is 24.3 Å². The average molecular weight is 266 g/mol. The molecule has 0 saturated carbocycles. The van der Waals surface area contributed by atoms with Crippen LogP contribution in [0.2, 0.25) is 0 Å². The molecule has 1 amide bonds. The number of ether oxygens (including phenoxy) is 1. The zero-order chi connectivity index (χ0) is 13.8. The molecule has 2 rings (SSSR count). The van der Waals surface area contributed by atoms with Crippen molar-refractivity contribution in [2.24, 2.45) is 0 Å². The SMILES string of the molecule is O=C1CO[C@H](CO)CN1Cc1ccc([N+](=O)[O-])cc1. The minimum atomic E-state index is -0.467. The van der Waals surface area contributed by atoms with Crippen molar-refractivity contribution in [1.29, 1.82) is 0 Å². The van der Waals surface area contributed by atoms with Crippen molar-refractivity contribution >= 4 is 11.6 Å². The third-order valence-corrected chi connectivity index (χ3v) is 2.94. The fraction of sp³-hybridized carbons (Fsp3) is 0.417. The topological polar surface area (TPSA) is 92.9 Å². The summed E-state index contributed by atoms with van der Waals surface area (Å²) in [5.74, 6) is -0.150. The molecular formula is C12H14N2O5. The van der Waals surface area contributed by atoms with Crippen LogP contribution >= 0.6 is 0 Å². The number of non-ortho nitro benzene ring substituents is 1. The molecule has 102 valence electrons. The third-order valence-electron chi connectivity index (χ3n) is 2.94. The lowest BCUT2D eigenvalue weighted by Gasteiger charge is -2.31. The number of hydrogen-bond donors (Lipinski definition) is 1. The fourth-order valence-electron chi connectivity index (χ4n) is 1.89. The first kappa shape index (κ1) is 13.4. The highest BCUT2D eigenvalue weighted by molar-refractivity contribution is 5.78. The van der Waals surface area contributed by atoms with Crippen molar-refractivity contribution in [3.63, 3.8) is 0 Å². The van der Waals surface area contributed by atoms with Gasteiger partial charge in [0.1, 0.15) is 6.61 Å². The lowest BCUT2D eigenvalue weighted by Crippen LogP contribution is -2.47. The first-order chi connectivity index (χ1) is 9.10. The molecule has 1 saturated heterocycles. The molecular weight excluding hydrogens is 252 g/mol. The Labute approximate surface area is 109 Å². The first-order valence-corrected chi connectivity index (χ1v) is 5.83. The minimum absolute atomic E-state index is 0.0188. The number of rotatable bonds is 4. The van der Waals surface area contributed by atoms with E-state index in [0.717, 1.165) is 5.56 Å². The maximum Gasteiger partial charge on any atom is 0.269 e. The van der Waals surface area contributed by atoms with Crippen molar-refractivity contribution in [2.45, 2.75) is 12.6 Å². The quantitative estimate of drug-likeness (QED) is 0.625. The maximum absolute atomic E-state index is 11.6. The molecule has 1 aliphatic rings. The van der Waals surface area contributed by atoms with E-state index in [1.807, 2.05) is 0 Å². The molecule has 0 aromatic heterocycles. The number of hydrogen-bond acceptors (Lipinski definition) is 5. The molecule has 1 fully saturated rings. The van der Waals surface area contributed by atoms with E-state index in [1.54, 1.807) is 17.0 Å². The van der Waals surface area contributed by atoms with Crippen molar-refractivity contribution in [3.8, 4) is 0 Å². The summed E-state index contributed by atoms with van der Waals surface area (Å²) in [4.78, 5) is 23.3. The summed E-state index contributed by atoms with van der Waals surface area (Å²) < 4.78 is 5.13. The molecule has 1 heterocycles. The Bertz CT molecular complexity index is 474. The van der Waals surface area contributed by atoms with Crippen LogP contribution in [-0.2, 0) is 16.1 Å². The lowest BCUT2D eigenvalue weighted by molar-refractivity contribution is -0.384. The number of morpholine rings is 1. The van der Waals surface area contributed by atoms with Crippen LogP contribution in [0.5, 0.6) is 0 Å². The number of aliphatic hydroxyl groups excluding tert-OH is 1. The van der Waals surface area contributed by atoms with Gasteiger partial charge in [-0.2, -0.15) is 0 Å². The van der Waals surface area contributed by atoms with Gasteiger partial charge >= 0.3 is 0 Å². The van der Waals surface area contributed by atoms with Gasteiger partial charge in [-0.1, -0.05) is 12.1 Å². The third kappa shape index (κ3) is 3.27. The number of carbonyl (C=O) groups is 1. The summed E-state index contributed by atoms with van der Waals surface area (Å²) in [6, 6.07) is 6.05. The number of benzene rings is 1. The Morgan fingerprint density at radius 1 is 1.42 bits per heavy atom. The Morgan fingerprint density at radius 2 is 2.11 bits per heavy atom. The van der Waals surface area contributed by atoms with Crippen LogP contribution in [0.25, 0.3) is 0 Å². The molecule has 0 bridgehead atoms. The van der Waals surface area contributed by atoms with Gasteiger partial charge in [-0.25, -0.2) is 0 Å². The zero-order valence-corrected chi connectivity index (χ0v) is 10.2. The summed E-state index contributed by atoms with van der Waals surface area (Å²) in [7, 11) is 0. The normalized spacial score (nSPS) is 19.5. The molecule has 1 aromatic carbocycles. The average Bonchev–Trinajstić information content (AvgIpc) is 2.42. The second kappa shape index (κ2) is 5.77. The van der Waals surface area contributed by atoms with Gasteiger partial charge in [0.05, 0.1) is 17.6 Å². The predicted molar refractivity (Wildman–Crippen MR) is 65.3 cm³/mol. The van der Waals surface area contributed by atoms with Crippen LogP contribution in [0, 0.1) is 10.1 Å². The second-order valence-electron chi connectivity index (χ2n) is 4.31. The van der Waals surface area contributed by atoms with E-state index in [1.165, 1.54) is 12.1 Å². The van der Waals surface area contributed by atoms with Gasteiger partial charge in [-0.15, -0.1) is 0 Å². The molecule has 1 N–H and O–H groups in total. The molecule has 0 radical (unpaired) electrons. The van der Waals surface area contributed by atoms with Crippen LogP contribution in [0.3, 0.4) is 0 Å². The van der Waals surface area contributed by atoms with Gasteiger partial charge in [0.15, 0.2) is 0 Å². The largest absolute Gasteiger partial charge is 0.394 e. The minimum Gasteiger partial charge on any atom is -0.394 e. The molecule has 7 nitrogen and oxygen atoms in total. The molecule has 0 spiro atoms. The highest BCUT2D eigenvalue weighted by Gasteiger charge is 2.25. The molecule has 1 aromatic rings. The van der Waals surface area contributed by atoms with Crippen LogP contribution in [0.1, 0.15) is 5.56 Å². The smallest absolute Gasteiger partial charge is 0.269 e. The first-order valence-electron chi connectivity index (χ1n) is 5.83. The lowest BCUT2D eigenvalue weighted by atomic mass is 10.1. The molecule has 1 aliphatic heterocycles. The molecule has 7 heteroatoms. The Hall–Kier alpha value is -1.99. The van der Waals surface area contributed by atoms with E-state index in [9.17, 15) is 14.9 Å². The van der Waals surface area contributed by atoms with E-state index in [-0.39, 0.29) is 30.9 Å². The van der Waals surface area contributed by atoms with E-state index < -0.39 is 4.92 Å². The van der Waals surface area contributed by atoms with Crippen molar-refractivity contribution < 1.29 is 19.6 Å². The number of nitro benzene ring substituents is 1. The number of aliphatic hydroxyl groups is 1. The molecule has 0 unspecified atom stereocenters. The van der Waals surface area contributed by atoms with Crippen molar-refractivity contribution in [2.75, 3.05) is 19.8 Å². The number of nitro groups is 1. The van der Waals surface area contributed by atoms with Crippen molar-refractivity contribution in [1.82, 2.24) is 4.90 Å². The predicted octanol–water partition coefficient (Wildman–Crippen LogP) is 0.314. The van der Waals surface area contributed by atoms with Crippen LogP contribution < -0.4 is 0 Å². The maximum atomic E-state index is 11.6. The van der Waals surface area contributed by atoms with Gasteiger partial charge in [0.2, 0.25) is 5.91 Å². The Kier molecular flexibility index (Phi) is 4.08. The number of nitrogens with zero attached hydrogens (tertiary/aromatic N) is 2. The molecule has 1 atom stereocenters. The van der Waals surface area contributed by atoms with Gasteiger partial charge in [0.25, 0.3) is 5.69 Å². The summed E-state index contributed by atoms with van der Waals surface area (Å²) in [5, 5.41) is 19.6. The van der Waals surface area contributed by atoms with E-state index in [0.29, 0.717) is 13.1 Å². The molecule has 0 aliphatic carbocycles. The van der Waals surface area contributed by atoms with Gasteiger partial charge in [-0.05, 0) is 5.56 Å². The van der Waals surface area contributed by atoms with E-state index in [2.05, 4.69) is 0 Å². The highest BCUT2D eigenvalue weighted by Crippen LogP contribution is 2.15. The standard InChI is InChI=1S/C12H14N2O5/c15-7-11-6-13(12(16)8-19-11)5-9-1-3-10(4-2-9)14(17)18/h1-4,11,15H,5-8H2/t11-/m0/s1. The van der Waals surface area contributed by atoms with Crippen LogP contribution in [-0.4, -0.2) is 46.7 Å². The van der Waals surface area contributed by atoms with Crippen molar-refractivity contribution in [3.05, 3.63) is 39.9 Å². The molecule has 19 heavy (non-hydrogen) atoms. The Balaban J connectivity index is 2.03. The number of carbonyl (C=O) groups excluding carboxylic acids is 1. The van der Waals surface area contributed by atoms with Gasteiger partial charge in [0, 0.05) is 25.2 Å². The summed E-state index contributed by atoms with van der Waals surface area (Å²) in [5.41, 5.74) is 0.822. The highest BCUT2D eigenvalue weighted by atomic mass is 16.6. The Morgan fingerprint density at radius 3 is 2.68 bits per heavy atom. The van der Waals surface area contributed by atoms with Crippen LogP contribution in [0.4, 0.5) is 5.69 Å². The fourth-order valence-corrected chi connectivity index (χ4v) is 1.89.